The monoisotopic (exact) mass is 264 g/mol. The number of aliphatic hydroxyl groups is 1. The van der Waals surface area contributed by atoms with Gasteiger partial charge >= 0.3 is 5.97 Å². The number of aliphatic carboxylic acids is 1. The Hall–Kier alpha value is -1.35. The van der Waals surface area contributed by atoms with E-state index in [0.29, 0.717) is 0 Å². The number of carboxylic acids is 1. The predicted octanol–water partition coefficient (Wildman–Crippen LogP) is 3.40. The van der Waals surface area contributed by atoms with Gasteiger partial charge in [-0.15, -0.1) is 0 Å². The van der Waals surface area contributed by atoms with Crippen molar-refractivity contribution >= 4 is 5.97 Å². The van der Waals surface area contributed by atoms with Crippen LogP contribution in [0.25, 0.3) is 0 Å². The van der Waals surface area contributed by atoms with E-state index in [2.05, 4.69) is 0 Å². The fourth-order valence-electron chi connectivity index (χ4n) is 2.95. The Morgan fingerprint density at radius 1 is 1.26 bits per heavy atom. The first-order chi connectivity index (χ1) is 8.85. The zero-order valence-corrected chi connectivity index (χ0v) is 12.2. The van der Waals surface area contributed by atoms with Crippen molar-refractivity contribution in [3.8, 4) is 0 Å². The highest BCUT2D eigenvalue weighted by molar-refractivity contribution is 5.69. The third-order valence-corrected chi connectivity index (χ3v) is 3.93. The van der Waals surface area contributed by atoms with Gasteiger partial charge in [0.1, 0.15) is 5.60 Å². The van der Waals surface area contributed by atoms with Crippen LogP contribution in [0.4, 0.5) is 0 Å². The van der Waals surface area contributed by atoms with Gasteiger partial charge < -0.3 is 10.2 Å². The zero-order chi connectivity index (χ0) is 14.6. The topological polar surface area (TPSA) is 57.5 Å². The summed E-state index contributed by atoms with van der Waals surface area (Å²) in [5.74, 6) is -1.01. The number of aryl methyl sites for hydroxylation is 2. The zero-order valence-electron chi connectivity index (χ0n) is 12.2. The number of rotatable bonds is 6. The molecule has 1 rings (SSSR count). The van der Waals surface area contributed by atoms with Crippen LogP contribution in [0.15, 0.2) is 18.2 Å². The summed E-state index contributed by atoms with van der Waals surface area (Å²) in [5, 5.41) is 20.1. The number of hydrogen-bond donors (Lipinski definition) is 2. The molecule has 0 spiro atoms. The lowest BCUT2D eigenvalue weighted by Crippen LogP contribution is -2.37. The fourth-order valence-corrected chi connectivity index (χ4v) is 2.95. The summed E-state index contributed by atoms with van der Waals surface area (Å²) in [6.45, 7) is 7.90. The van der Waals surface area contributed by atoms with Gasteiger partial charge in [0.25, 0.3) is 0 Å². The van der Waals surface area contributed by atoms with Crippen LogP contribution in [0.2, 0.25) is 0 Å². The molecule has 2 N–H and O–H groups in total. The molecule has 1 aromatic carbocycles. The van der Waals surface area contributed by atoms with E-state index in [9.17, 15) is 9.90 Å². The Labute approximate surface area is 115 Å². The molecule has 0 saturated carbocycles. The summed E-state index contributed by atoms with van der Waals surface area (Å²) >= 11 is 0. The number of benzene rings is 1. The highest BCUT2D eigenvalue weighted by Crippen LogP contribution is 2.39. The molecule has 0 aromatic heterocycles. The largest absolute Gasteiger partial charge is 0.481 e. The second kappa shape index (κ2) is 6.20. The van der Waals surface area contributed by atoms with E-state index in [1.54, 1.807) is 0 Å². The lowest BCUT2D eigenvalue weighted by Gasteiger charge is -2.36. The first kappa shape index (κ1) is 15.7. The number of carbonyl (C=O) groups is 1. The van der Waals surface area contributed by atoms with Crippen molar-refractivity contribution in [2.24, 2.45) is 5.92 Å². The van der Waals surface area contributed by atoms with Gasteiger partial charge in [-0.25, -0.2) is 0 Å². The highest BCUT2D eigenvalue weighted by Gasteiger charge is 2.39. The standard InChI is InChI=1S/C16H24O3/c1-5-13(6-2)16(19,10-15(17)18)14-8-7-11(3)9-12(14)4/h7-9,13,19H,5-6,10H2,1-4H3,(H,17,18). The van der Waals surface area contributed by atoms with Gasteiger partial charge in [0.15, 0.2) is 0 Å². The molecule has 3 nitrogen and oxygen atoms in total. The van der Waals surface area contributed by atoms with E-state index in [1.807, 2.05) is 45.9 Å². The van der Waals surface area contributed by atoms with E-state index in [4.69, 9.17) is 5.11 Å². The molecular weight excluding hydrogens is 240 g/mol. The minimum Gasteiger partial charge on any atom is -0.481 e. The molecule has 1 atom stereocenters. The van der Waals surface area contributed by atoms with Crippen LogP contribution < -0.4 is 0 Å². The van der Waals surface area contributed by atoms with Crippen LogP contribution in [0.1, 0.15) is 49.8 Å². The summed E-state index contributed by atoms with van der Waals surface area (Å²) in [6, 6.07) is 5.79. The quantitative estimate of drug-likeness (QED) is 0.828. The Bertz CT molecular complexity index is 449. The SMILES string of the molecule is CCC(CC)C(O)(CC(=O)O)c1ccc(C)cc1C. The average molecular weight is 264 g/mol. The van der Waals surface area contributed by atoms with Crippen molar-refractivity contribution < 1.29 is 15.0 Å². The van der Waals surface area contributed by atoms with E-state index in [1.165, 1.54) is 0 Å². The molecule has 3 heteroatoms. The van der Waals surface area contributed by atoms with Crippen LogP contribution in [0.5, 0.6) is 0 Å². The Kier molecular flexibility index (Phi) is 5.12. The van der Waals surface area contributed by atoms with Gasteiger partial charge in [0, 0.05) is 0 Å². The Morgan fingerprint density at radius 2 is 1.84 bits per heavy atom. The predicted molar refractivity (Wildman–Crippen MR) is 76.1 cm³/mol. The molecule has 0 saturated heterocycles. The van der Waals surface area contributed by atoms with Gasteiger partial charge in [0.2, 0.25) is 0 Å². The molecule has 19 heavy (non-hydrogen) atoms. The maximum atomic E-state index is 11.1. The minimum absolute atomic E-state index is 0.0509. The van der Waals surface area contributed by atoms with Crippen LogP contribution in [-0.4, -0.2) is 16.2 Å². The van der Waals surface area contributed by atoms with Gasteiger partial charge in [-0.3, -0.25) is 4.79 Å². The second-order valence-corrected chi connectivity index (χ2v) is 5.33. The molecule has 0 amide bonds. The molecule has 1 unspecified atom stereocenters. The Morgan fingerprint density at radius 3 is 2.26 bits per heavy atom. The molecule has 0 aliphatic carbocycles. The molecule has 0 fully saturated rings. The lowest BCUT2D eigenvalue weighted by molar-refractivity contribution is -0.146. The van der Waals surface area contributed by atoms with Crippen LogP contribution in [0.3, 0.4) is 0 Å². The summed E-state index contributed by atoms with van der Waals surface area (Å²) in [4.78, 5) is 11.1. The molecular formula is C16H24O3. The smallest absolute Gasteiger partial charge is 0.306 e. The van der Waals surface area contributed by atoms with E-state index >= 15 is 0 Å². The van der Waals surface area contributed by atoms with Crippen molar-refractivity contribution in [2.75, 3.05) is 0 Å². The van der Waals surface area contributed by atoms with Crippen molar-refractivity contribution in [1.29, 1.82) is 0 Å². The fraction of sp³-hybridized carbons (Fsp3) is 0.562. The van der Waals surface area contributed by atoms with Gasteiger partial charge in [0.05, 0.1) is 6.42 Å². The van der Waals surface area contributed by atoms with Crippen molar-refractivity contribution in [1.82, 2.24) is 0 Å². The summed E-state index contributed by atoms with van der Waals surface area (Å²) in [7, 11) is 0. The molecule has 0 bridgehead atoms. The van der Waals surface area contributed by atoms with Crippen LogP contribution >= 0.6 is 0 Å². The van der Waals surface area contributed by atoms with Crippen molar-refractivity contribution in [3.63, 3.8) is 0 Å². The number of carboxylic acid groups (broad SMARTS) is 1. The summed E-state index contributed by atoms with van der Waals surface area (Å²) in [5.41, 5.74) is 1.53. The molecule has 1 aromatic rings. The van der Waals surface area contributed by atoms with Gasteiger partial charge in [-0.2, -0.15) is 0 Å². The van der Waals surface area contributed by atoms with E-state index in [-0.39, 0.29) is 12.3 Å². The van der Waals surface area contributed by atoms with Crippen LogP contribution in [0, 0.1) is 19.8 Å². The van der Waals surface area contributed by atoms with Gasteiger partial charge in [-0.1, -0.05) is 50.5 Å². The first-order valence-electron chi connectivity index (χ1n) is 6.87. The Balaban J connectivity index is 3.33. The third-order valence-electron chi connectivity index (χ3n) is 3.93. The van der Waals surface area contributed by atoms with Gasteiger partial charge in [-0.05, 0) is 30.9 Å². The maximum Gasteiger partial charge on any atom is 0.306 e. The first-order valence-corrected chi connectivity index (χ1v) is 6.87. The van der Waals surface area contributed by atoms with Crippen molar-refractivity contribution in [3.05, 3.63) is 34.9 Å². The molecule has 106 valence electrons. The lowest BCUT2D eigenvalue weighted by atomic mass is 9.74. The van der Waals surface area contributed by atoms with E-state index < -0.39 is 11.6 Å². The maximum absolute atomic E-state index is 11.1. The summed E-state index contributed by atoms with van der Waals surface area (Å²) < 4.78 is 0. The normalized spacial score (nSPS) is 14.4. The molecule has 0 heterocycles. The average Bonchev–Trinajstić information content (AvgIpc) is 2.28. The molecule has 0 radical (unpaired) electrons. The summed E-state index contributed by atoms with van der Waals surface area (Å²) in [6.07, 6.45) is 1.27. The highest BCUT2D eigenvalue weighted by atomic mass is 16.4. The van der Waals surface area contributed by atoms with E-state index in [0.717, 1.165) is 29.5 Å². The molecule has 0 aliphatic rings. The second-order valence-electron chi connectivity index (χ2n) is 5.33. The molecule has 0 aliphatic heterocycles. The third kappa shape index (κ3) is 3.35. The minimum atomic E-state index is -1.28. The number of hydrogen-bond acceptors (Lipinski definition) is 2. The van der Waals surface area contributed by atoms with Crippen LogP contribution in [-0.2, 0) is 10.4 Å². The van der Waals surface area contributed by atoms with Crippen molar-refractivity contribution in [2.45, 2.75) is 52.6 Å².